The van der Waals surface area contributed by atoms with E-state index in [1.165, 1.54) is 11.1 Å². The summed E-state index contributed by atoms with van der Waals surface area (Å²) in [6.45, 7) is 5.40. The van der Waals surface area contributed by atoms with Gasteiger partial charge < -0.3 is 10.0 Å². The van der Waals surface area contributed by atoms with Crippen LogP contribution >= 0.6 is 0 Å². The van der Waals surface area contributed by atoms with Crippen LogP contribution in [0.25, 0.3) is 0 Å². The third-order valence-corrected chi connectivity index (χ3v) is 5.30. The molecule has 21 heavy (non-hydrogen) atoms. The third-order valence-electron chi connectivity index (χ3n) is 5.30. The Morgan fingerprint density at radius 2 is 2.10 bits per heavy atom. The summed E-state index contributed by atoms with van der Waals surface area (Å²) in [5, 5.41) is 10.8. The van der Waals surface area contributed by atoms with Gasteiger partial charge in [-0.3, -0.25) is 4.79 Å². The Hall–Kier alpha value is -1.35. The second kappa shape index (κ2) is 5.45. The Bertz CT molecular complexity index is 538. The highest BCUT2D eigenvalue weighted by Crippen LogP contribution is 2.47. The van der Waals surface area contributed by atoms with Gasteiger partial charge in [0, 0.05) is 25.4 Å². The summed E-state index contributed by atoms with van der Waals surface area (Å²) in [6.07, 6.45) is 3.56. The van der Waals surface area contributed by atoms with Crippen molar-refractivity contribution < 1.29 is 9.90 Å². The van der Waals surface area contributed by atoms with Crippen LogP contribution in [0.5, 0.6) is 0 Å². The topological polar surface area (TPSA) is 40.5 Å². The lowest BCUT2D eigenvalue weighted by molar-refractivity contribution is -0.131. The molecule has 1 aromatic carbocycles. The van der Waals surface area contributed by atoms with Crippen LogP contribution in [-0.2, 0) is 11.2 Å². The minimum atomic E-state index is -0.627. The van der Waals surface area contributed by atoms with Gasteiger partial charge in [-0.2, -0.15) is 0 Å². The molecule has 3 nitrogen and oxygen atoms in total. The van der Waals surface area contributed by atoms with E-state index in [1.807, 2.05) is 17.0 Å². The summed E-state index contributed by atoms with van der Waals surface area (Å²) in [5.41, 5.74) is 1.86. The molecule has 1 amide bonds. The van der Waals surface area contributed by atoms with E-state index in [4.69, 9.17) is 0 Å². The number of amides is 1. The van der Waals surface area contributed by atoms with Gasteiger partial charge in [0.2, 0.25) is 5.91 Å². The highest BCUT2D eigenvalue weighted by molar-refractivity contribution is 5.77. The first-order valence-electron chi connectivity index (χ1n) is 8.05. The second-order valence-corrected chi connectivity index (χ2v) is 6.87. The smallest absolute Gasteiger partial charge is 0.223 e. The first-order valence-corrected chi connectivity index (χ1v) is 8.05. The Morgan fingerprint density at radius 1 is 1.38 bits per heavy atom. The number of aliphatic hydroxyl groups is 1. The van der Waals surface area contributed by atoms with E-state index < -0.39 is 5.60 Å². The molecule has 0 radical (unpaired) electrons. The van der Waals surface area contributed by atoms with Crippen molar-refractivity contribution in [1.82, 2.24) is 4.90 Å². The van der Waals surface area contributed by atoms with Crippen LogP contribution in [0.1, 0.15) is 37.3 Å². The average Bonchev–Trinajstić information content (AvgIpc) is 3.26. The molecule has 1 aliphatic carbocycles. The monoisotopic (exact) mass is 287 g/mol. The standard InChI is InChI=1S/C18H25NO2/c1-13-5-3-4-6-15(13)7-10-17(20)19-11-14(2)18(21,12-19)16-8-9-16/h3-6,14,16,21H,7-12H2,1-2H3/t14-,18+/m0/s1. The molecule has 1 saturated heterocycles. The van der Waals surface area contributed by atoms with Gasteiger partial charge in [0.05, 0.1) is 5.60 Å². The highest BCUT2D eigenvalue weighted by Gasteiger charge is 2.53. The number of benzene rings is 1. The summed E-state index contributed by atoms with van der Waals surface area (Å²) in [5.74, 6) is 0.802. The summed E-state index contributed by atoms with van der Waals surface area (Å²) in [7, 11) is 0. The fourth-order valence-electron chi connectivity index (χ4n) is 3.61. The maximum atomic E-state index is 12.4. The summed E-state index contributed by atoms with van der Waals surface area (Å²) in [6, 6.07) is 8.23. The number of aryl methyl sites for hydroxylation is 2. The number of nitrogens with zero attached hydrogens (tertiary/aromatic N) is 1. The normalized spacial score (nSPS) is 28.9. The van der Waals surface area contributed by atoms with Crippen molar-refractivity contribution in [3.8, 4) is 0 Å². The van der Waals surface area contributed by atoms with Gasteiger partial charge in [0.25, 0.3) is 0 Å². The van der Waals surface area contributed by atoms with E-state index in [2.05, 4.69) is 26.0 Å². The van der Waals surface area contributed by atoms with Crippen LogP contribution in [0.4, 0.5) is 0 Å². The number of rotatable bonds is 4. The number of β-amino-alcohol motifs (C(OH)–C–C–N with tert-alkyl or cyclic N) is 1. The molecule has 1 heterocycles. The lowest BCUT2D eigenvalue weighted by Crippen LogP contribution is -2.40. The molecule has 1 saturated carbocycles. The Kier molecular flexibility index (Phi) is 3.78. The van der Waals surface area contributed by atoms with Crippen LogP contribution in [0.15, 0.2) is 24.3 Å². The van der Waals surface area contributed by atoms with Crippen molar-refractivity contribution in [2.45, 2.75) is 45.1 Å². The van der Waals surface area contributed by atoms with Gasteiger partial charge in [0.15, 0.2) is 0 Å². The molecule has 0 bridgehead atoms. The predicted molar refractivity (Wildman–Crippen MR) is 82.9 cm³/mol. The Balaban J connectivity index is 1.58. The Labute approximate surface area is 127 Å². The first kappa shape index (κ1) is 14.6. The molecule has 114 valence electrons. The number of carbonyl (C=O) groups excluding carboxylic acids is 1. The number of hydrogen-bond donors (Lipinski definition) is 1. The molecule has 0 aromatic heterocycles. The van der Waals surface area contributed by atoms with Crippen molar-refractivity contribution in [3.63, 3.8) is 0 Å². The van der Waals surface area contributed by atoms with E-state index in [0.29, 0.717) is 25.4 Å². The zero-order valence-corrected chi connectivity index (χ0v) is 13.0. The molecule has 3 heteroatoms. The molecule has 2 aliphatic rings. The number of likely N-dealkylation sites (tertiary alicyclic amines) is 1. The van der Waals surface area contributed by atoms with E-state index >= 15 is 0 Å². The first-order chi connectivity index (χ1) is 10.0. The van der Waals surface area contributed by atoms with Crippen molar-refractivity contribution in [2.75, 3.05) is 13.1 Å². The van der Waals surface area contributed by atoms with Gasteiger partial charge in [0.1, 0.15) is 0 Å². The van der Waals surface area contributed by atoms with Crippen LogP contribution in [0, 0.1) is 18.8 Å². The van der Waals surface area contributed by atoms with Gasteiger partial charge in [-0.05, 0) is 43.2 Å². The molecule has 3 rings (SSSR count). The van der Waals surface area contributed by atoms with Gasteiger partial charge in [-0.25, -0.2) is 0 Å². The van der Waals surface area contributed by atoms with Gasteiger partial charge >= 0.3 is 0 Å². The zero-order chi connectivity index (χ0) is 15.0. The minimum absolute atomic E-state index is 0.182. The largest absolute Gasteiger partial charge is 0.387 e. The molecular weight excluding hydrogens is 262 g/mol. The van der Waals surface area contributed by atoms with Crippen LogP contribution in [0.2, 0.25) is 0 Å². The molecule has 1 aliphatic heterocycles. The van der Waals surface area contributed by atoms with Gasteiger partial charge in [-0.15, -0.1) is 0 Å². The molecule has 1 N–H and O–H groups in total. The lowest BCUT2D eigenvalue weighted by Gasteiger charge is -2.26. The van der Waals surface area contributed by atoms with Crippen LogP contribution in [0.3, 0.4) is 0 Å². The molecule has 1 aromatic rings. The third kappa shape index (κ3) is 2.84. The van der Waals surface area contributed by atoms with E-state index in [9.17, 15) is 9.90 Å². The Morgan fingerprint density at radius 3 is 2.76 bits per heavy atom. The van der Waals surface area contributed by atoms with Crippen LogP contribution in [-0.4, -0.2) is 34.6 Å². The molecule has 0 spiro atoms. The molecule has 2 atom stereocenters. The summed E-state index contributed by atoms with van der Waals surface area (Å²) < 4.78 is 0. The predicted octanol–water partition coefficient (Wildman–Crippen LogP) is 2.55. The fraction of sp³-hybridized carbons (Fsp3) is 0.611. The van der Waals surface area contributed by atoms with Crippen molar-refractivity contribution in [1.29, 1.82) is 0 Å². The van der Waals surface area contributed by atoms with E-state index in [1.54, 1.807) is 0 Å². The maximum absolute atomic E-state index is 12.4. The van der Waals surface area contributed by atoms with E-state index in [-0.39, 0.29) is 11.8 Å². The summed E-state index contributed by atoms with van der Waals surface area (Å²) in [4.78, 5) is 14.3. The zero-order valence-electron chi connectivity index (χ0n) is 13.0. The maximum Gasteiger partial charge on any atom is 0.223 e. The quantitative estimate of drug-likeness (QED) is 0.924. The fourth-order valence-corrected chi connectivity index (χ4v) is 3.61. The van der Waals surface area contributed by atoms with Crippen LogP contribution < -0.4 is 0 Å². The van der Waals surface area contributed by atoms with Crippen molar-refractivity contribution in [3.05, 3.63) is 35.4 Å². The highest BCUT2D eigenvalue weighted by atomic mass is 16.3. The second-order valence-electron chi connectivity index (χ2n) is 6.87. The SMILES string of the molecule is Cc1ccccc1CCC(=O)N1C[C@H](C)[C@@](O)(C2CC2)C1. The van der Waals surface area contributed by atoms with E-state index in [0.717, 1.165) is 19.3 Å². The molecule has 0 unspecified atom stereocenters. The average molecular weight is 287 g/mol. The number of carbonyl (C=O) groups is 1. The van der Waals surface area contributed by atoms with Gasteiger partial charge in [-0.1, -0.05) is 31.2 Å². The number of hydrogen-bond acceptors (Lipinski definition) is 2. The van der Waals surface area contributed by atoms with Crippen molar-refractivity contribution >= 4 is 5.91 Å². The molecular formula is C18H25NO2. The van der Waals surface area contributed by atoms with Crippen molar-refractivity contribution in [2.24, 2.45) is 11.8 Å². The lowest BCUT2D eigenvalue weighted by atomic mass is 9.88. The molecule has 2 fully saturated rings. The summed E-state index contributed by atoms with van der Waals surface area (Å²) >= 11 is 0. The minimum Gasteiger partial charge on any atom is -0.387 e.